The van der Waals surface area contributed by atoms with Crippen molar-refractivity contribution in [3.8, 4) is 0 Å². The third kappa shape index (κ3) is 5.37. The van der Waals surface area contributed by atoms with Crippen LogP contribution >= 0.6 is 0 Å². The normalized spacial score (nSPS) is 14.3. The van der Waals surface area contributed by atoms with Crippen molar-refractivity contribution >= 4 is 11.8 Å². The first-order valence-electron chi connectivity index (χ1n) is 5.19. The van der Waals surface area contributed by atoms with Crippen molar-refractivity contribution in [3.05, 3.63) is 0 Å². The van der Waals surface area contributed by atoms with Crippen molar-refractivity contribution in [1.82, 2.24) is 5.32 Å². The van der Waals surface area contributed by atoms with Crippen molar-refractivity contribution < 1.29 is 14.3 Å². The minimum absolute atomic E-state index is 0.0310. The second-order valence-electron chi connectivity index (χ2n) is 3.47. The van der Waals surface area contributed by atoms with E-state index in [1.165, 1.54) is 0 Å². The summed E-state index contributed by atoms with van der Waals surface area (Å²) in [6.07, 6.45) is 0.780. The molecule has 0 aliphatic carbocycles. The highest BCUT2D eigenvalue weighted by atomic mass is 16.5. The second-order valence-corrected chi connectivity index (χ2v) is 3.47. The molecule has 0 radical (unpaired) electrons. The molecule has 2 atom stereocenters. The Kier molecular flexibility index (Phi) is 6.70. The Morgan fingerprint density at radius 1 is 1.40 bits per heavy atom. The number of amides is 2. The maximum absolute atomic E-state index is 11.3. The van der Waals surface area contributed by atoms with Gasteiger partial charge < -0.3 is 15.8 Å². The van der Waals surface area contributed by atoms with E-state index in [4.69, 9.17) is 10.5 Å². The van der Waals surface area contributed by atoms with Gasteiger partial charge in [0, 0.05) is 6.61 Å². The van der Waals surface area contributed by atoms with Crippen molar-refractivity contribution in [1.29, 1.82) is 0 Å². The lowest BCUT2D eigenvalue weighted by atomic mass is 9.99. The lowest BCUT2D eigenvalue weighted by molar-refractivity contribution is -0.131. The molecule has 2 amide bonds. The highest BCUT2D eigenvalue weighted by Gasteiger charge is 2.23. The Bertz CT molecular complexity index is 219. The lowest BCUT2D eigenvalue weighted by Crippen LogP contribution is -2.49. The first-order valence-corrected chi connectivity index (χ1v) is 5.19. The van der Waals surface area contributed by atoms with E-state index < -0.39 is 11.9 Å². The minimum Gasteiger partial charge on any atom is -0.372 e. The lowest BCUT2D eigenvalue weighted by Gasteiger charge is -2.20. The standard InChI is InChI=1S/C10H20N2O3/c1-4-7(3)9(10(11)14)12-8(13)6-15-5-2/h7,9H,4-6H2,1-3H3,(H2,11,14)(H,12,13)/t7-,9-/m1/s1. The van der Waals surface area contributed by atoms with Crippen molar-refractivity contribution in [2.24, 2.45) is 11.7 Å². The number of carbonyl (C=O) groups excluding carboxylic acids is 2. The first-order chi connectivity index (χ1) is 7.02. The molecule has 0 aromatic rings. The van der Waals surface area contributed by atoms with Crippen LogP contribution in [0.15, 0.2) is 0 Å². The predicted molar refractivity (Wildman–Crippen MR) is 57.1 cm³/mol. The highest BCUT2D eigenvalue weighted by molar-refractivity contribution is 5.87. The van der Waals surface area contributed by atoms with Gasteiger partial charge in [-0.3, -0.25) is 9.59 Å². The van der Waals surface area contributed by atoms with Crippen LogP contribution in [0.4, 0.5) is 0 Å². The van der Waals surface area contributed by atoms with E-state index in [9.17, 15) is 9.59 Å². The molecule has 3 N–H and O–H groups in total. The molecule has 0 rings (SSSR count). The number of nitrogens with two attached hydrogens (primary N) is 1. The number of primary amides is 1. The zero-order chi connectivity index (χ0) is 11.8. The molecule has 0 aliphatic rings. The molecule has 0 saturated carbocycles. The summed E-state index contributed by atoms with van der Waals surface area (Å²) in [4.78, 5) is 22.4. The molecular formula is C10H20N2O3. The summed E-state index contributed by atoms with van der Waals surface area (Å²) in [6, 6.07) is -0.608. The van der Waals surface area contributed by atoms with E-state index in [-0.39, 0.29) is 18.4 Å². The predicted octanol–water partition coefficient (Wildman–Crippen LogP) is 0.0391. The van der Waals surface area contributed by atoms with E-state index in [0.717, 1.165) is 6.42 Å². The van der Waals surface area contributed by atoms with Crippen molar-refractivity contribution in [3.63, 3.8) is 0 Å². The topological polar surface area (TPSA) is 81.4 Å². The van der Waals surface area contributed by atoms with E-state index >= 15 is 0 Å². The minimum atomic E-state index is -0.608. The van der Waals surface area contributed by atoms with Crippen LogP contribution in [0.1, 0.15) is 27.2 Å². The molecule has 0 heterocycles. The van der Waals surface area contributed by atoms with Crippen LogP contribution in [0.5, 0.6) is 0 Å². The van der Waals surface area contributed by atoms with E-state index in [1.54, 1.807) is 6.92 Å². The number of rotatable bonds is 7. The fraction of sp³-hybridized carbons (Fsp3) is 0.800. The van der Waals surface area contributed by atoms with Crippen LogP contribution in [0.2, 0.25) is 0 Å². The van der Waals surface area contributed by atoms with Crippen LogP contribution in [0, 0.1) is 5.92 Å². The summed E-state index contributed by atoms with van der Waals surface area (Å²) in [5.74, 6) is -0.775. The van der Waals surface area contributed by atoms with Gasteiger partial charge in [-0.1, -0.05) is 20.3 Å². The van der Waals surface area contributed by atoms with Crippen LogP contribution < -0.4 is 11.1 Å². The SMILES string of the molecule is CCOCC(=O)N[C@@H](C(N)=O)[C@H](C)CC. The van der Waals surface area contributed by atoms with Gasteiger partial charge in [0.1, 0.15) is 12.6 Å². The van der Waals surface area contributed by atoms with Gasteiger partial charge in [0.15, 0.2) is 0 Å². The summed E-state index contributed by atoms with van der Waals surface area (Å²) in [6.45, 7) is 6.05. The Labute approximate surface area is 90.4 Å². The Balaban J connectivity index is 4.16. The Morgan fingerprint density at radius 2 is 2.00 bits per heavy atom. The van der Waals surface area contributed by atoms with Crippen LogP contribution in [-0.4, -0.2) is 31.1 Å². The van der Waals surface area contributed by atoms with Crippen LogP contribution in [-0.2, 0) is 14.3 Å². The van der Waals surface area contributed by atoms with Crippen LogP contribution in [0.3, 0.4) is 0 Å². The molecule has 0 saturated heterocycles. The highest BCUT2D eigenvalue weighted by Crippen LogP contribution is 2.06. The largest absolute Gasteiger partial charge is 0.372 e. The fourth-order valence-corrected chi connectivity index (χ4v) is 1.14. The second kappa shape index (κ2) is 7.23. The van der Waals surface area contributed by atoms with Gasteiger partial charge in [-0.2, -0.15) is 0 Å². The van der Waals surface area contributed by atoms with Gasteiger partial charge in [-0.15, -0.1) is 0 Å². The van der Waals surface area contributed by atoms with Gasteiger partial charge in [0.25, 0.3) is 0 Å². The number of carbonyl (C=O) groups is 2. The fourth-order valence-electron chi connectivity index (χ4n) is 1.14. The number of hydrogen-bond acceptors (Lipinski definition) is 3. The van der Waals surface area contributed by atoms with Crippen molar-refractivity contribution in [2.45, 2.75) is 33.2 Å². The van der Waals surface area contributed by atoms with Gasteiger partial charge in [-0.05, 0) is 12.8 Å². The zero-order valence-corrected chi connectivity index (χ0v) is 9.58. The maximum atomic E-state index is 11.3. The molecule has 0 aliphatic heterocycles. The van der Waals surface area contributed by atoms with Gasteiger partial charge in [0.05, 0.1) is 0 Å². The molecule has 0 bridgehead atoms. The zero-order valence-electron chi connectivity index (χ0n) is 9.58. The Hall–Kier alpha value is -1.10. The van der Waals surface area contributed by atoms with E-state index in [1.807, 2.05) is 13.8 Å². The monoisotopic (exact) mass is 216 g/mol. The molecule has 15 heavy (non-hydrogen) atoms. The van der Waals surface area contributed by atoms with E-state index in [2.05, 4.69) is 5.32 Å². The number of ether oxygens (including phenoxy) is 1. The Morgan fingerprint density at radius 3 is 2.40 bits per heavy atom. The third-order valence-electron chi connectivity index (χ3n) is 2.27. The van der Waals surface area contributed by atoms with E-state index in [0.29, 0.717) is 6.61 Å². The number of hydrogen-bond donors (Lipinski definition) is 2. The maximum Gasteiger partial charge on any atom is 0.246 e. The third-order valence-corrected chi connectivity index (χ3v) is 2.27. The summed E-state index contributed by atoms with van der Waals surface area (Å²) < 4.78 is 4.93. The average Bonchev–Trinajstić information content (AvgIpc) is 2.21. The molecule has 5 nitrogen and oxygen atoms in total. The molecule has 88 valence electrons. The smallest absolute Gasteiger partial charge is 0.246 e. The number of nitrogens with one attached hydrogen (secondary N) is 1. The summed E-state index contributed by atoms with van der Waals surface area (Å²) >= 11 is 0. The molecule has 0 spiro atoms. The molecule has 0 fully saturated rings. The molecular weight excluding hydrogens is 196 g/mol. The molecule has 0 aromatic carbocycles. The summed E-state index contributed by atoms with van der Waals surface area (Å²) in [7, 11) is 0. The summed E-state index contributed by atoms with van der Waals surface area (Å²) in [5, 5.41) is 2.56. The van der Waals surface area contributed by atoms with Crippen molar-refractivity contribution in [2.75, 3.05) is 13.2 Å². The molecule has 5 heteroatoms. The first kappa shape index (κ1) is 13.9. The molecule has 0 unspecified atom stereocenters. The van der Waals surface area contributed by atoms with Gasteiger partial charge in [-0.25, -0.2) is 0 Å². The average molecular weight is 216 g/mol. The van der Waals surface area contributed by atoms with Crippen LogP contribution in [0.25, 0.3) is 0 Å². The molecule has 0 aromatic heterocycles. The van der Waals surface area contributed by atoms with Gasteiger partial charge >= 0.3 is 0 Å². The van der Waals surface area contributed by atoms with Gasteiger partial charge in [0.2, 0.25) is 11.8 Å². The summed E-state index contributed by atoms with van der Waals surface area (Å²) in [5.41, 5.74) is 5.20. The quantitative estimate of drug-likeness (QED) is 0.630.